The molecular formula is C21H23FN2O2. The molecule has 0 aromatic heterocycles. The summed E-state index contributed by atoms with van der Waals surface area (Å²) in [6.07, 6.45) is 0.435. The van der Waals surface area contributed by atoms with Crippen molar-refractivity contribution in [2.45, 2.75) is 19.8 Å². The van der Waals surface area contributed by atoms with Crippen LogP contribution in [-0.4, -0.2) is 42.8 Å². The third kappa shape index (κ3) is 4.10. The van der Waals surface area contributed by atoms with Crippen molar-refractivity contribution in [3.05, 3.63) is 65.5 Å². The lowest BCUT2D eigenvalue weighted by Gasteiger charge is -2.36. The van der Waals surface area contributed by atoms with Gasteiger partial charge >= 0.3 is 0 Å². The van der Waals surface area contributed by atoms with Crippen LogP contribution in [-0.2, 0) is 4.79 Å². The lowest BCUT2D eigenvalue weighted by atomic mass is 10.0. The first-order chi connectivity index (χ1) is 12.6. The second-order valence-corrected chi connectivity index (χ2v) is 6.56. The molecule has 0 saturated carbocycles. The van der Waals surface area contributed by atoms with Crippen LogP contribution < -0.4 is 4.90 Å². The number of aryl methyl sites for hydroxylation is 1. The molecule has 1 aliphatic heterocycles. The Morgan fingerprint density at radius 3 is 2.27 bits per heavy atom. The molecule has 1 saturated heterocycles. The molecule has 0 aliphatic carbocycles. The van der Waals surface area contributed by atoms with Gasteiger partial charge in [-0.1, -0.05) is 36.4 Å². The second kappa shape index (κ2) is 8.13. The standard InChI is InChI=1S/C21H23FN2O2/c1-16-6-2-3-7-17(16)20(25)10-11-21(26)24-14-12-23(13-15-24)19-9-5-4-8-18(19)22/h2-9H,10-15H2,1H3. The topological polar surface area (TPSA) is 40.6 Å². The number of amides is 1. The summed E-state index contributed by atoms with van der Waals surface area (Å²) in [6, 6.07) is 14.1. The number of benzene rings is 2. The van der Waals surface area contributed by atoms with Crippen molar-refractivity contribution in [1.29, 1.82) is 0 Å². The Labute approximate surface area is 153 Å². The van der Waals surface area contributed by atoms with Gasteiger partial charge in [0.2, 0.25) is 5.91 Å². The van der Waals surface area contributed by atoms with Crippen LogP contribution in [0.25, 0.3) is 0 Å². The highest BCUT2D eigenvalue weighted by molar-refractivity contribution is 5.99. The maximum atomic E-state index is 13.9. The van der Waals surface area contributed by atoms with Crippen molar-refractivity contribution < 1.29 is 14.0 Å². The Bertz CT molecular complexity index is 798. The van der Waals surface area contributed by atoms with E-state index in [9.17, 15) is 14.0 Å². The molecule has 0 N–H and O–H groups in total. The Morgan fingerprint density at radius 2 is 1.58 bits per heavy atom. The Balaban J connectivity index is 1.50. The number of piperazine rings is 1. The molecular weight excluding hydrogens is 331 g/mol. The Kier molecular flexibility index (Phi) is 5.66. The van der Waals surface area contributed by atoms with E-state index in [1.54, 1.807) is 23.1 Å². The third-order valence-corrected chi connectivity index (χ3v) is 4.84. The largest absolute Gasteiger partial charge is 0.366 e. The van der Waals surface area contributed by atoms with Crippen LogP contribution >= 0.6 is 0 Å². The van der Waals surface area contributed by atoms with Gasteiger partial charge in [-0.05, 0) is 24.6 Å². The van der Waals surface area contributed by atoms with E-state index in [0.717, 1.165) is 5.56 Å². The fourth-order valence-electron chi connectivity index (χ4n) is 3.30. The molecule has 1 amide bonds. The molecule has 0 bridgehead atoms. The zero-order valence-electron chi connectivity index (χ0n) is 15.0. The molecule has 2 aromatic rings. The lowest BCUT2D eigenvalue weighted by Crippen LogP contribution is -2.49. The molecule has 0 spiro atoms. The summed E-state index contributed by atoms with van der Waals surface area (Å²) in [4.78, 5) is 28.4. The molecule has 5 heteroatoms. The summed E-state index contributed by atoms with van der Waals surface area (Å²) in [6.45, 7) is 4.19. The second-order valence-electron chi connectivity index (χ2n) is 6.56. The number of carbonyl (C=O) groups excluding carboxylic acids is 2. The number of carbonyl (C=O) groups is 2. The van der Waals surface area contributed by atoms with Gasteiger partial charge in [0.15, 0.2) is 5.78 Å². The van der Waals surface area contributed by atoms with Crippen LogP contribution in [0, 0.1) is 12.7 Å². The van der Waals surface area contributed by atoms with Gasteiger partial charge in [0.25, 0.3) is 0 Å². The number of para-hydroxylation sites is 1. The minimum Gasteiger partial charge on any atom is -0.366 e. The maximum Gasteiger partial charge on any atom is 0.223 e. The number of rotatable bonds is 5. The predicted molar refractivity (Wildman–Crippen MR) is 99.9 cm³/mol. The van der Waals surface area contributed by atoms with E-state index in [1.807, 2.05) is 36.1 Å². The molecule has 0 unspecified atom stereocenters. The summed E-state index contributed by atoms with van der Waals surface area (Å²) < 4.78 is 13.9. The zero-order chi connectivity index (χ0) is 18.5. The zero-order valence-corrected chi connectivity index (χ0v) is 15.0. The minimum atomic E-state index is -0.240. The molecule has 1 heterocycles. The lowest BCUT2D eigenvalue weighted by molar-refractivity contribution is -0.131. The quantitative estimate of drug-likeness (QED) is 0.772. The number of Topliss-reactive ketones (excluding diaryl/α,β-unsaturated/α-hetero) is 1. The summed E-state index contributed by atoms with van der Waals surface area (Å²) >= 11 is 0. The molecule has 0 radical (unpaired) electrons. The predicted octanol–water partition coefficient (Wildman–Crippen LogP) is 3.45. The molecule has 26 heavy (non-hydrogen) atoms. The first-order valence-corrected chi connectivity index (χ1v) is 8.92. The van der Waals surface area contributed by atoms with Crippen LogP contribution in [0.1, 0.15) is 28.8 Å². The van der Waals surface area contributed by atoms with Crippen molar-refractivity contribution in [3.63, 3.8) is 0 Å². The Morgan fingerprint density at radius 1 is 0.923 bits per heavy atom. The van der Waals surface area contributed by atoms with Gasteiger partial charge in [-0.25, -0.2) is 4.39 Å². The summed E-state index contributed by atoms with van der Waals surface area (Å²) in [5, 5.41) is 0. The number of anilines is 1. The number of hydrogen-bond acceptors (Lipinski definition) is 3. The van der Waals surface area contributed by atoms with Crippen molar-refractivity contribution in [1.82, 2.24) is 4.90 Å². The van der Waals surface area contributed by atoms with Crippen LogP contribution in [0.2, 0.25) is 0 Å². The SMILES string of the molecule is Cc1ccccc1C(=O)CCC(=O)N1CCN(c2ccccc2F)CC1. The highest BCUT2D eigenvalue weighted by Gasteiger charge is 2.23. The fourth-order valence-corrected chi connectivity index (χ4v) is 3.30. The first-order valence-electron chi connectivity index (χ1n) is 8.92. The normalized spacial score (nSPS) is 14.4. The van der Waals surface area contributed by atoms with E-state index in [-0.39, 0.29) is 30.3 Å². The van der Waals surface area contributed by atoms with Crippen LogP contribution in [0.4, 0.5) is 10.1 Å². The van der Waals surface area contributed by atoms with E-state index in [0.29, 0.717) is 37.4 Å². The molecule has 2 aromatic carbocycles. The number of hydrogen-bond donors (Lipinski definition) is 0. The van der Waals surface area contributed by atoms with Gasteiger partial charge in [-0.3, -0.25) is 9.59 Å². The maximum absolute atomic E-state index is 13.9. The van der Waals surface area contributed by atoms with E-state index in [1.165, 1.54) is 6.07 Å². The monoisotopic (exact) mass is 354 g/mol. The summed E-state index contributed by atoms with van der Waals surface area (Å²) in [7, 11) is 0. The first kappa shape index (κ1) is 18.1. The molecule has 1 aliphatic rings. The van der Waals surface area contributed by atoms with E-state index >= 15 is 0 Å². The molecule has 4 nitrogen and oxygen atoms in total. The van der Waals surface area contributed by atoms with Crippen molar-refractivity contribution in [3.8, 4) is 0 Å². The molecule has 136 valence electrons. The van der Waals surface area contributed by atoms with Gasteiger partial charge in [0, 0.05) is 44.6 Å². The molecule has 1 fully saturated rings. The van der Waals surface area contributed by atoms with E-state index in [4.69, 9.17) is 0 Å². The number of halogens is 1. The average molecular weight is 354 g/mol. The number of ketones is 1. The molecule has 3 rings (SSSR count). The van der Waals surface area contributed by atoms with E-state index in [2.05, 4.69) is 0 Å². The van der Waals surface area contributed by atoms with Gasteiger partial charge < -0.3 is 9.80 Å². The highest BCUT2D eigenvalue weighted by Crippen LogP contribution is 2.20. The van der Waals surface area contributed by atoms with Crippen LogP contribution in [0.5, 0.6) is 0 Å². The van der Waals surface area contributed by atoms with E-state index < -0.39 is 0 Å². The van der Waals surface area contributed by atoms with Crippen molar-refractivity contribution in [2.75, 3.05) is 31.1 Å². The average Bonchev–Trinajstić information content (AvgIpc) is 2.67. The Hall–Kier alpha value is -2.69. The van der Waals surface area contributed by atoms with Crippen molar-refractivity contribution in [2.24, 2.45) is 0 Å². The van der Waals surface area contributed by atoms with Gasteiger partial charge in [-0.2, -0.15) is 0 Å². The molecule has 0 atom stereocenters. The van der Waals surface area contributed by atoms with Gasteiger partial charge in [-0.15, -0.1) is 0 Å². The highest BCUT2D eigenvalue weighted by atomic mass is 19.1. The smallest absolute Gasteiger partial charge is 0.223 e. The van der Waals surface area contributed by atoms with Gasteiger partial charge in [0.1, 0.15) is 5.82 Å². The van der Waals surface area contributed by atoms with Crippen LogP contribution in [0.3, 0.4) is 0 Å². The summed E-state index contributed by atoms with van der Waals surface area (Å²) in [5.74, 6) is -0.252. The fraction of sp³-hybridized carbons (Fsp3) is 0.333. The van der Waals surface area contributed by atoms with Gasteiger partial charge in [0.05, 0.1) is 5.69 Å². The third-order valence-electron chi connectivity index (χ3n) is 4.84. The number of nitrogens with zero attached hydrogens (tertiary/aromatic N) is 2. The summed E-state index contributed by atoms with van der Waals surface area (Å²) in [5.41, 5.74) is 2.20. The van der Waals surface area contributed by atoms with Crippen LogP contribution in [0.15, 0.2) is 48.5 Å². The van der Waals surface area contributed by atoms with Crippen molar-refractivity contribution >= 4 is 17.4 Å². The minimum absolute atomic E-state index is 0.00134.